The molecular formula is C12H17ClIN. The van der Waals surface area contributed by atoms with Gasteiger partial charge in [-0.2, -0.15) is 0 Å². The van der Waals surface area contributed by atoms with Crippen molar-refractivity contribution in [3.8, 4) is 0 Å². The molecule has 0 radical (unpaired) electrons. The minimum absolute atomic E-state index is 0.574. The third kappa shape index (κ3) is 4.70. The Bertz CT molecular complexity index is 301. The molecule has 1 aromatic rings. The second-order valence-corrected chi connectivity index (χ2v) is 5.33. The van der Waals surface area contributed by atoms with Crippen LogP contribution in [-0.4, -0.2) is 10.5 Å². The second-order valence-electron chi connectivity index (χ2n) is 4.02. The predicted molar refractivity (Wildman–Crippen MR) is 75.8 cm³/mol. The maximum Gasteiger partial charge on any atom is 0.0409 e. The molecule has 0 amide bonds. The summed E-state index contributed by atoms with van der Waals surface area (Å²) in [7, 11) is 0. The Morgan fingerprint density at radius 3 is 2.67 bits per heavy atom. The van der Waals surface area contributed by atoms with Crippen LogP contribution >= 0.6 is 34.2 Å². The quantitative estimate of drug-likeness (QED) is 0.635. The molecule has 3 heteroatoms. The molecule has 0 saturated heterocycles. The smallest absolute Gasteiger partial charge is 0.0409 e. The first kappa shape index (κ1) is 13.3. The first-order valence-electron chi connectivity index (χ1n) is 5.17. The number of hydrogen-bond donors (Lipinski definition) is 1. The van der Waals surface area contributed by atoms with Crippen LogP contribution in [0.15, 0.2) is 24.3 Å². The Kier molecular flexibility index (Phi) is 5.94. The Hall–Kier alpha value is 0.200. The van der Waals surface area contributed by atoms with Gasteiger partial charge in [0.1, 0.15) is 0 Å². The fraction of sp³-hybridized carbons (Fsp3) is 0.500. The Morgan fingerprint density at radius 1 is 1.40 bits per heavy atom. The Balaban J connectivity index is 2.49. The van der Waals surface area contributed by atoms with Gasteiger partial charge in [-0.1, -0.05) is 60.2 Å². The van der Waals surface area contributed by atoms with Crippen molar-refractivity contribution >= 4 is 34.2 Å². The summed E-state index contributed by atoms with van der Waals surface area (Å²) in [6, 6.07) is 8.59. The number of nitrogens with one attached hydrogen (secondary N) is 1. The van der Waals surface area contributed by atoms with Gasteiger partial charge in [-0.3, -0.25) is 0 Å². The van der Waals surface area contributed by atoms with Gasteiger partial charge in [0.15, 0.2) is 0 Å². The van der Waals surface area contributed by atoms with Gasteiger partial charge in [-0.05, 0) is 23.6 Å². The lowest BCUT2D eigenvalue weighted by Gasteiger charge is -2.20. The lowest BCUT2D eigenvalue weighted by Crippen LogP contribution is -2.34. The molecule has 15 heavy (non-hydrogen) atoms. The van der Waals surface area contributed by atoms with Crippen molar-refractivity contribution in [2.45, 2.75) is 26.4 Å². The van der Waals surface area contributed by atoms with Crippen molar-refractivity contribution < 1.29 is 0 Å². The van der Waals surface area contributed by atoms with Crippen molar-refractivity contribution in [3.05, 3.63) is 34.9 Å². The molecule has 0 fully saturated rings. The summed E-state index contributed by atoms with van der Waals surface area (Å²) in [6.45, 7) is 5.38. The Morgan fingerprint density at radius 2 is 2.13 bits per heavy atom. The molecule has 0 heterocycles. The van der Waals surface area contributed by atoms with E-state index in [9.17, 15) is 0 Å². The van der Waals surface area contributed by atoms with Gasteiger partial charge in [0, 0.05) is 22.0 Å². The van der Waals surface area contributed by atoms with Crippen LogP contribution in [0.3, 0.4) is 0 Å². The molecular weight excluding hydrogens is 320 g/mol. The molecule has 84 valence electrons. The monoisotopic (exact) mass is 337 g/mol. The van der Waals surface area contributed by atoms with Crippen LogP contribution in [0.2, 0.25) is 5.02 Å². The van der Waals surface area contributed by atoms with E-state index < -0.39 is 0 Å². The normalized spacial score (nSPS) is 13.1. The standard InChI is InChI=1S/C12H17ClIN/c1-9(2)12(7-14)15-8-10-4-3-5-11(13)6-10/h3-6,9,12,15H,7-8H2,1-2H3. The molecule has 0 spiro atoms. The number of rotatable bonds is 5. The van der Waals surface area contributed by atoms with E-state index in [2.05, 4.69) is 47.8 Å². The summed E-state index contributed by atoms with van der Waals surface area (Å²) in [5.41, 5.74) is 1.25. The van der Waals surface area contributed by atoms with E-state index in [1.54, 1.807) is 0 Å². The number of halogens is 2. The third-order valence-corrected chi connectivity index (χ3v) is 3.61. The molecule has 1 nitrogen and oxygen atoms in total. The average Bonchev–Trinajstić information content (AvgIpc) is 2.18. The predicted octanol–water partition coefficient (Wildman–Crippen LogP) is 3.89. The fourth-order valence-electron chi connectivity index (χ4n) is 1.36. The highest BCUT2D eigenvalue weighted by Crippen LogP contribution is 2.12. The van der Waals surface area contributed by atoms with E-state index in [1.165, 1.54) is 5.56 Å². The molecule has 1 atom stereocenters. The van der Waals surface area contributed by atoms with Gasteiger partial charge in [-0.25, -0.2) is 0 Å². The molecule has 0 aliphatic heterocycles. The maximum absolute atomic E-state index is 5.93. The minimum Gasteiger partial charge on any atom is -0.309 e. The zero-order chi connectivity index (χ0) is 11.3. The second kappa shape index (κ2) is 6.71. The van der Waals surface area contributed by atoms with Gasteiger partial charge in [0.05, 0.1) is 0 Å². The molecule has 1 N–H and O–H groups in total. The molecule has 1 aromatic carbocycles. The van der Waals surface area contributed by atoms with Crippen LogP contribution in [0.5, 0.6) is 0 Å². The highest BCUT2D eigenvalue weighted by molar-refractivity contribution is 14.1. The summed E-state index contributed by atoms with van der Waals surface area (Å²) in [5.74, 6) is 0.668. The first-order valence-corrected chi connectivity index (χ1v) is 7.07. The van der Waals surface area contributed by atoms with Gasteiger partial charge >= 0.3 is 0 Å². The van der Waals surface area contributed by atoms with Crippen molar-refractivity contribution in [2.75, 3.05) is 4.43 Å². The van der Waals surface area contributed by atoms with E-state index in [0.717, 1.165) is 16.0 Å². The van der Waals surface area contributed by atoms with Crippen molar-refractivity contribution in [2.24, 2.45) is 5.92 Å². The number of alkyl halides is 1. The third-order valence-electron chi connectivity index (χ3n) is 2.43. The molecule has 0 bridgehead atoms. The van der Waals surface area contributed by atoms with Crippen molar-refractivity contribution in [3.63, 3.8) is 0 Å². The minimum atomic E-state index is 0.574. The zero-order valence-electron chi connectivity index (χ0n) is 9.13. The summed E-state index contributed by atoms with van der Waals surface area (Å²) < 4.78 is 1.13. The van der Waals surface area contributed by atoms with Crippen molar-refractivity contribution in [1.29, 1.82) is 0 Å². The van der Waals surface area contributed by atoms with Crippen molar-refractivity contribution in [1.82, 2.24) is 5.32 Å². The topological polar surface area (TPSA) is 12.0 Å². The maximum atomic E-state index is 5.93. The van der Waals surface area contributed by atoms with E-state index in [-0.39, 0.29) is 0 Å². The van der Waals surface area contributed by atoms with Crippen LogP contribution in [0.25, 0.3) is 0 Å². The summed E-state index contributed by atoms with van der Waals surface area (Å²) in [4.78, 5) is 0. The zero-order valence-corrected chi connectivity index (χ0v) is 12.0. The number of hydrogen-bond acceptors (Lipinski definition) is 1. The average molecular weight is 338 g/mol. The van der Waals surface area contributed by atoms with Gasteiger partial charge in [-0.15, -0.1) is 0 Å². The first-order chi connectivity index (χ1) is 7.13. The molecule has 0 saturated carbocycles. The van der Waals surface area contributed by atoms with E-state index in [0.29, 0.717) is 12.0 Å². The van der Waals surface area contributed by atoms with Gasteiger partial charge in [0.2, 0.25) is 0 Å². The lowest BCUT2D eigenvalue weighted by atomic mass is 10.1. The number of benzene rings is 1. The molecule has 0 aliphatic carbocycles. The summed E-state index contributed by atoms with van der Waals surface area (Å²) >= 11 is 8.35. The fourth-order valence-corrected chi connectivity index (χ4v) is 2.91. The van der Waals surface area contributed by atoms with Gasteiger partial charge in [0.25, 0.3) is 0 Å². The van der Waals surface area contributed by atoms with Gasteiger partial charge < -0.3 is 5.32 Å². The summed E-state index contributed by atoms with van der Waals surface area (Å²) in [6.07, 6.45) is 0. The summed E-state index contributed by atoms with van der Waals surface area (Å²) in [5, 5.41) is 4.36. The molecule has 0 aliphatic rings. The van der Waals surface area contributed by atoms with Crippen LogP contribution < -0.4 is 5.32 Å². The Labute approximate surface area is 111 Å². The van der Waals surface area contributed by atoms with Crippen LogP contribution in [0.4, 0.5) is 0 Å². The molecule has 0 aromatic heterocycles. The molecule has 1 rings (SSSR count). The van der Waals surface area contributed by atoms with Crippen LogP contribution in [-0.2, 0) is 6.54 Å². The lowest BCUT2D eigenvalue weighted by molar-refractivity contribution is 0.436. The highest BCUT2D eigenvalue weighted by Gasteiger charge is 2.10. The van der Waals surface area contributed by atoms with E-state index in [1.807, 2.05) is 18.2 Å². The SMILES string of the molecule is CC(C)C(CI)NCc1cccc(Cl)c1. The van der Waals surface area contributed by atoms with E-state index in [4.69, 9.17) is 11.6 Å². The largest absolute Gasteiger partial charge is 0.309 e. The molecule has 1 unspecified atom stereocenters. The highest BCUT2D eigenvalue weighted by atomic mass is 127. The van der Waals surface area contributed by atoms with E-state index >= 15 is 0 Å². The van der Waals surface area contributed by atoms with Crippen LogP contribution in [0.1, 0.15) is 19.4 Å². The van der Waals surface area contributed by atoms with Crippen LogP contribution in [0, 0.1) is 5.92 Å².